The Bertz CT molecular complexity index is 3010. The second-order valence-electron chi connectivity index (χ2n) is 21.2. The molecule has 0 radical (unpaired) electrons. The molecule has 7 aromatic rings. The highest BCUT2D eigenvalue weighted by atomic mass is 32.2. The van der Waals surface area contributed by atoms with Crippen molar-refractivity contribution in [2.45, 2.75) is 177 Å². The standard InChI is InChI=1S/C70H78O2S6/c1-5-9-13-17-21-49-25-29-53(30-26-49)47-73-69(74-48-54-31-27-50(28-32-54)22-18-14-10-6-2)65-59-43-62-60(44-61(59)67-63(65)41-57(45-71)75-67)66(64-42-58(46-72)76-68(62)64)70(77-55-37-33-51(34-38-55)23-19-15-11-7-3)78-56-39-35-52(36-40-56)24-20-16-12-8-4/h25-46H,5-24,47-48H2,1-4H3. The van der Waals surface area contributed by atoms with Crippen molar-refractivity contribution >= 4 is 93.4 Å². The molecule has 2 heterocycles. The number of hydrogen-bond acceptors (Lipinski definition) is 8. The summed E-state index contributed by atoms with van der Waals surface area (Å²) >= 11 is 10.8. The second kappa shape index (κ2) is 30.0. The minimum atomic E-state index is 0.745. The van der Waals surface area contributed by atoms with E-state index in [0.29, 0.717) is 0 Å². The van der Waals surface area contributed by atoms with Crippen LogP contribution in [0.25, 0.3) is 32.0 Å². The first-order chi connectivity index (χ1) is 38.4. The fraction of sp³-hybridized carbons (Fsp3) is 0.371. The molecular formula is C70H78O2S6. The van der Waals surface area contributed by atoms with Gasteiger partial charge < -0.3 is 0 Å². The SMILES string of the molecule is CCCCCCc1ccc(CSC(SCc2ccc(CCCCCC)cc2)=C2c3cc4c(cc3-c3sc(C=O)cc32)C(=C(Sc2ccc(CCCCCC)cc2)Sc2ccc(CCCCCC)cc2)c2cc(C=O)sc2-4)cc1. The van der Waals surface area contributed by atoms with Crippen molar-refractivity contribution in [1.29, 1.82) is 0 Å². The number of carbonyl (C=O) groups is 2. The van der Waals surface area contributed by atoms with Crippen molar-refractivity contribution in [3.05, 3.63) is 195 Å². The van der Waals surface area contributed by atoms with E-state index in [1.54, 1.807) is 22.7 Å². The zero-order chi connectivity index (χ0) is 54.1. The molecule has 0 fully saturated rings. The van der Waals surface area contributed by atoms with E-state index in [1.165, 1.54) is 188 Å². The third-order valence-corrected chi connectivity index (χ3v) is 22.3. The summed E-state index contributed by atoms with van der Waals surface area (Å²) in [6.07, 6.45) is 26.7. The molecule has 5 aromatic carbocycles. The van der Waals surface area contributed by atoms with Crippen molar-refractivity contribution in [1.82, 2.24) is 0 Å². The molecule has 0 saturated carbocycles. The number of fused-ring (bicyclic) bond motifs is 6. The number of hydrogen-bond donors (Lipinski definition) is 0. The van der Waals surface area contributed by atoms with Crippen LogP contribution in [-0.4, -0.2) is 12.6 Å². The largest absolute Gasteiger partial charge is 0.297 e. The molecule has 9 rings (SSSR count). The summed E-state index contributed by atoms with van der Waals surface area (Å²) in [6.45, 7) is 9.10. The van der Waals surface area contributed by atoms with Crippen LogP contribution in [0, 0.1) is 0 Å². The van der Waals surface area contributed by atoms with E-state index >= 15 is 0 Å². The first-order valence-corrected chi connectivity index (χ1v) is 34.4. The van der Waals surface area contributed by atoms with Crippen LogP contribution in [0.5, 0.6) is 0 Å². The first kappa shape index (κ1) is 58.4. The maximum atomic E-state index is 12.8. The molecule has 0 aliphatic heterocycles. The van der Waals surface area contributed by atoms with E-state index in [9.17, 15) is 9.59 Å². The number of thiophene rings is 2. The van der Waals surface area contributed by atoms with Crippen molar-refractivity contribution < 1.29 is 9.59 Å². The van der Waals surface area contributed by atoms with Gasteiger partial charge in [0.05, 0.1) is 14.0 Å². The lowest BCUT2D eigenvalue weighted by Gasteiger charge is -2.16. The van der Waals surface area contributed by atoms with E-state index in [0.717, 1.165) is 80.4 Å². The predicted molar refractivity (Wildman–Crippen MR) is 347 cm³/mol. The molecular weight excluding hydrogens is 1070 g/mol. The quantitative estimate of drug-likeness (QED) is 0.0237. The molecule has 2 aromatic heterocycles. The van der Waals surface area contributed by atoms with Crippen LogP contribution in [0.2, 0.25) is 0 Å². The maximum Gasteiger partial charge on any atom is 0.160 e. The van der Waals surface area contributed by atoms with E-state index in [-0.39, 0.29) is 0 Å². The summed E-state index contributed by atoms with van der Waals surface area (Å²) in [6, 6.07) is 46.4. The highest BCUT2D eigenvalue weighted by molar-refractivity contribution is 8.22. The van der Waals surface area contributed by atoms with Crippen LogP contribution in [0.4, 0.5) is 0 Å². The van der Waals surface area contributed by atoms with Gasteiger partial charge >= 0.3 is 0 Å². The molecule has 8 heteroatoms. The van der Waals surface area contributed by atoms with E-state index in [4.69, 9.17) is 0 Å². The van der Waals surface area contributed by atoms with Gasteiger partial charge in [0.2, 0.25) is 0 Å². The molecule has 78 heavy (non-hydrogen) atoms. The Kier molecular flexibility index (Phi) is 22.4. The molecule has 2 aliphatic carbocycles. The van der Waals surface area contributed by atoms with E-state index < -0.39 is 0 Å². The third-order valence-electron chi connectivity index (χ3n) is 15.2. The van der Waals surface area contributed by atoms with Crippen molar-refractivity contribution in [2.24, 2.45) is 0 Å². The van der Waals surface area contributed by atoms with Crippen molar-refractivity contribution in [3.63, 3.8) is 0 Å². The fourth-order valence-electron chi connectivity index (χ4n) is 10.7. The normalized spacial score (nSPS) is 12.2. The van der Waals surface area contributed by atoms with Gasteiger partial charge in [-0.05, 0) is 144 Å². The highest BCUT2D eigenvalue weighted by Gasteiger charge is 2.36. The molecule has 2 aliphatic rings. The van der Waals surface area contributed by atoms with Gasteiger partial charge in [-0.2, -0.15) is 0 Å². The van der Waals surface area contributed by atoms with Gasteiger partial charge in [-0.3, -0.25) is 9.59 Å². The van der Waals surface area contributed by atoms with Crippen molar-refractivity contribution in [2.75, 3.05) is 0 Å². The minimum Gasteiger partial charge on any atom is -0.297 e. The number of thioether (sulfide) groups is 4. The van der Waals surface area contributed by atoms with Gasteiger partial charge in [-0.25, -0.2) is 0 Å². The van der Waals surface area contributed by atoms with Crippen LogP contribution < -0.4 is 0 Å². The monoisotopic (exact) mass is 1140 g/mol. The second-order valence-corrected chi connectivity index (χ2v) is 28.1. The average molecular weight is 1140 g/mol. The van der Waals surface area contributed by atoms with Crippen LogP contribution in [0.1, 0.15) is 205 Å². The number of benzene rings is 5. The first-order valence-electron chi connectivity index (χ1n) is 29.2. The zero-order valence-corrected chi connectivity index (χ0v) is 51.4. The highest BCUT2D eigenvalue weighted by Crippen LogP contribution is 2.60. The number of aldehydes is 2. The fourth-order valence-corrected chi connectivity index (χ4v) is 17.5. The molecule has 2 nitrogen and oxygen atoms in total. The van der Waals surface area contributed by atoms with Gasteiger partial charge in [-0.15, -0.1) is 46.2 Å². The topological polar surface area (TPSA) is 34.1 Å². The molecule has 0 saturated heterocycles. The number of rotatable bonds is 32. The summed E-state index contributed by atoms with van der Waals surface area (Å²) in [4.78, 5) is 31.8. The summed E-state index contributed by atoms with van der Waals surface area (Å²) in [5.41, 5.74) is 17.7. The van der Waals surface area contributed by atoms with Crippen molar-refractivity contribution in [3.8, 4) is 20.9 Å². The molecule has 0 amide bonds. The zero-order valence-electron chi connectivity index (χ0n) is 46.5. The Hall–Kier alpha value is -4.28. The lowest BCUT2D eigenvalue weighted by Crippen LogP contribution is -1.93. The Morgan fingerprint density at radius 2 is 0.679 bits per heavy atom. The van der Waals surface area contributed by atoms with Gasteiger partial charge in [-0.1, -0.05) is 201 Å². The van der Waals surface area contributed by atoms with Crippen LogP contribution >= 0.6 is 69.7 Å². The van der Waals surface area contributed by atoms with Crippen LogP contribution in [-0.2, 0) is 37.2 Å². The lowest BCUT2D eigenvalue weighted by atomic mass is 9.98. The Balaban J connectivity index is 1.13. The lowest BCUT2D eigenvalue weighted by molar-refractivity contribution is 0.111. The predicted octanol–water partition coefficient (Wildman–Crippen LogP) is 22.8. The minimum absolute atomic E-state index is 0.745. The number of unbranched alkanes of at least 4 members (excludes halogenated alkanes) is 12. The Labute approximate surface area is 492 Å². The molecule has 0 spiro atoms. The van der Waals surface area contributed by atoms with Gasteiger partial charge in [0.1, 0.15) is 0 Å². The summed E-state index contributed by atoms with van der Waals surface area (Å²) in [5, 5.41) is 0. The van der Waals surface area contributed by atoms with Gasteiger partial charge in [0.15, 0.2) is 12.6 Å². The summed E-state index contributed by atoms with van der Waals surface area (Å²) in [7, 11) is 0. The smallest absolute Gasteiger partial charge is 0.160 e. The molecule has 0 N–H and O–H groups in total. The Morgan fingerprint density at radius 3 is 1.01 bits per heavy atom. The average Bonchev–Trinajstić information content (AvgIpc) is 4.42. The van der Waals surface area contributed by atoms with Gasteiger partial charge in [0, 0.05) is 68.7 Å². The number of carbonyl (C=O) groups excluding carboxylic acids is 2. The molecule has 0 bridgehead atoms. The van der Waals surface area contributed by atoms with Crippen LogP contribution in [0.15, 0.2) is 140 Å². The van der Waals surface area contributed by atoms with E-state index in [1.807, 2.05) is 47.0 Å². The van der Waals surface area contributed by atoms with E-state index in [2.05, 4.69) is 149 Å². The van der Waals surface area contributed by atoms with Crippen LogP contribution in [0.3, 0.4) is 0 Å². The Morgan fingerprint density at radius 1 is 0.359 bits per heavy atom. The summed E-state index contributed by atoms with van der Waals surface area (Å²) < 4.78 is 2.48. The third kappa shape index (κ3) is 15.2. The molecule has 0 atom stereocenters. The van der Waals surface area contributed by atoms with Gasteiger partial charge in [0.25, 0.3) is 0 Å². The number of aryl methyl sites for hydroxylation is 4. The maximum absolute atomic E-state index is 12.8. The molecule has 0 unspecified atom stereocenters. The summed E-state index contributed by atoms with van der Waals surface area (Å²) in [5.74, 6) is 1.70. The molecule has 406 valence electrons.